The van der Waals surface area contributed by atoms with Crippen molar-refractivity contribution >= 4 is 29.5 Å². The van der Waals surface area contributed by atoms with Crippen molar-refractivity contribution in [2.75, 3.05) is 33.3 Å². The average molecular weight is 622 g/mol. The van der Waals surface area contributed by atoms with E-state index in [1.807, 2.05) is 20.0 Å². The Morgan fingerprint density at radius 3 is 2.59 bits per heavy atom. The van der Waals surface area contributed by atoms with Gasteiger partial charge in [0.25, 0.3) is 0 Å². The average Bonchev–Trinajstić information content (AvgIpc) is 3.47. The van der Waals surface area contributed by atoms with Gasteiger partial charge in [-0.2, -0.15) is 5.26 Å². The summed E-state index contributed by atoms with van der Waals surface area (Å²) >= 11 is 1.22. The summed E-state index contributed by atoms with van der Waals surface area (Å²) in [6.45, 7) is 4.65. The molecule has 0 amide bonds. The molecule has 12 nitrogen and oxygen atoms in total. The summed E-state index contributed by atoms with van der Waals surface area (Å²) in [4.78, 5) is 42.3. The van der Waals surface area contributed by atoms with Gasteiger partial charge in [0, 0.05) is 41.3 Å². The lowest BCUT2D eigenvalue weighted by atomic mass is 9.71. The molecule has 0 spiro atoms. The Kier molecular flexibility index (Phi) is 6.73. The van der Waals surface area contributed by atoms with E-state index in [4.69, 9.17) is 23.7 Å². The van der Waals surface area contributed by atoms with Gasteiger partial charge in [0.2, 0.25) is 12.6 Å². The minimum atomic E-state index is -0.949. The fourth-order valence-electron chi connectivity index (χ4n) is 7.90. The normalized spacial score (nSPS) is 28.7. The SMILES string of the molecule is COc1c(C)cc2c(c1O)C1C3[C@@H]4SCC(=O)C(=O)OC[C@H](c5c6c(c(C)c(OC(C)=O)c54)OCO6)N3[C@@H](C#N)[C@H](C2)N1C. The number of thioether (sulfide) groups is 1. The Morgan fingerprint density at radius 1 is 1.14 bits per heavy atom. The van der Waals surface area contributed by atoms with Gasteiger partial charge in [-0.1, -0.05) is 6.07 Å². The maximum Gasteiger partial charge on any atom is 0.375 e. The number of Topliss-reactive ketones (excluding diaryl/α,β-unsaturated/α-hetero) is 1. The van der Waals surface area contributed by atoms with E-state index in [-0.39, 0.29) is 30.9 Å². The Hall–Kier alpha value is -3.99. The lowest BCUT2D eigenvalue weighted by Crippen LogP contribution is -2.69. The summed E-state index contributed by atoms with van der Waals surface area (Å²) in [5, 5.41) is 21.9. The molecule has 0 aromatic heterocycles. The fourth-order valence-corrected chi connectivity index (χ4v) is 9.23. The minimum absolute atomic E-state index is 0.0240. The van der Waals surface area contributed by atoms with E-state index in [2.05, 4.69) is 15.9 Å². The third-order valence-electron chi connectivity index (χ3n) is 9.54. The molecule has 13 heteroatoms. The fraction of sp³-hybridized carbons (Fsp3) is 0.484. The number of phenols is 1. The lowest BCUT2D eigenvalue weighted by Gasteiger charge is -2.61. The molecule has 2 aromatic rings. The van der Waals surface area contributed by atoms with Gasteiger partial charge in [-0.25, -0.2) is 4.79 Å². The molecular formula is C31H31N3O9S. The van der Waals surface area contributed by atoms with Gasteiger partial charge in [0.05, 0.1) is 36.3 Å². The summed E-state index contributed by atoms with van der Waals surface area (Å²) in [5.41, 5.74) is 4.16. The molecule has 0 radical (unpaired) electrons. The number of cyclic esters (lactones) is 1. The smallest absolute Gasteiger partial charge is 0.375 e. The maximum atomic E-state index is 12.9. The summed E-state index contributed by atoms with van der Waals surface area (Å²) in [6, 6.07) is 1.81. The highest BCUT2D eigenvalue weighted by atomic mass is 32.2. The van der Waals surface area contributed by atoms with Crippen molar-refractivity contribution in [1.82, 2.24) is 9.80 Å². The zero-order valence-electron chi connectivity index (χ0n) is 24.8. The number of aryl methyl sites for hydroxylation is 1. The number of benzene rings is 2. The van der Waals surface area contributed by atoms with Crippen LogP contribution in [0.4, 0.5) is 0 Å². The van der Waals surface area contributed by atoms with Crippen LogP contribution in [-0.4, -0.2) is 84.1 Å². The molecule has 5 aliphatic rings. The van der Waals surface area contributed by atoms with E-state index < -0.39 is 47.1 Å². The van der Waals surface area contributed by atoms with Crippen molar-refractivity contribution in [3.63, 3.8) is 0 Å². The molecule has 230 valence electrons. The number of carbonyl (C=O) groups is 3. The quantitative estimate of drug-likeness (QED) is 0.298. The Balaban J connectivity index is 1.57. The zero-order valence-corrected chi connectivity index (χ0v) is 25.6. The molecule has 6 atom stereocenters. The molecule has 5 aliphatic heterocycles. The second kappa shape index (κ2) is 10.3. The van der Waals surface area contributed by atoms with Crippen LogP contribution in [0, 0.1) is 25.2 Å². The number of hydrogen-bond donors (Lipinski definition) is 1. The maximum absolute atomic E-state index is 12.9. The van der Waals surface area contributed by atoms with Gasteiger partial charge in [-0.3, -0.25) is 19.4 Å². The first-order chi connectivity index (χ1) is 21.1. The van der Waals surface area contributed by atoms with Crippen LogP contribution in [-0.2, 0) is 25.5 Å². The Bertz CT molecular complexity index is 1690. The van der Waals surface area contributed by atoms with Crippen LogP contribution >= 0.6 is 11.8 Å². The lowest BCUT2D eigenvalue weighted by molar-refractivity contribution is -0.157. The van der Waals surface area contributed by atoms with Crippen LogP contribution in [0.2, 0.25) is 0 Å². The van der Waals surface area contributed by atoms with Crippen LogP contribution < -0.4 is 18.9 Å². The molecule has 0 aliphatic carbocycles. The number of phenolic OH excluding ortho intramolecular Hbond substituents is 1. The Morgan fingerprint density at radius 2 is 1.89 bits per heavy atom. The molecular weight excluding hydrogens is 590 g/mol. The molecule has 4 bridgehead atoms. The van der Waals surface area contributed by atoms with Gasteiger partial charge < -0.3 is 28.8 Å². The van der Waals surface area contributed by atoms with Crippen molar-refractivity contribution in [3.05, 3.63) is 39.4 Å². The summed E-state index contributed by atoms with van der Waals surface area (Å²) in [6.07, 6.45) is 0.488. The van der Waals surface area contributed by atoms with E-state index in [1.165, 1.54) is 25.8 Å². The number of esters is 2. The number of fused-ring (bicyclic) bond motifs is 9. The van der Waals surface area contributed by atoms with Crippen LogP contribution in [0.5, 0.6) is 28.7 Å². The third-order valence-corrected chi connectivity index (χ3v) is 10.8. The van der Waals surface area contributed by atoms with Crippen molar-refractivity contribution in [3.8, 4) is 34.8 Å². The molecule has 5 heterocycles. The van der Waals surface area contributed by atoms with Crippen molar-refractivity contribution in [1.29, 1.82) is 5.26 Å². The topological polar surface area (TPSA) is 148 Å². The van der Waals surface area contributed by atoms with E-state index in [0.29, 0.717) is 51.7 Å². The number of methoxy groups -OCH3 is 1. The largest absolute Gasteiger partial charge is 0.504 e. The van der Waals surface area contributed by atoms with Crippen molar-refractivity contribution < 1.29 is 43.2 Å². The number of rotatable bonds is 2. The Labute approximate surface area is 257 Å². The molecule has 2 aromatic carbocycles. The van der Waals surface area contributed by atoms with Crippen molar-refractivity contribution in [2.24, 2.45) is 0 Å². The van der Waals surface area contributed by atoms with Crippen LogP contribution in [0.25, 0.3) is 0 Å². The van der Waals surface area contributed by atoms with Crippen LogP contribution in [0.1, 0.15) is 57.6 Å². The summed E-state index contributed by atoms with van der Waals surface area (Å²) < 4.78 is 29.0. The minimum Gasteiger partial charge on any atom is -0.504 e. The standard InChI is InChI=1S/C31H31N3O9S/c1-12-6-15-7-16-17(8-32)34-18-9-40-31(38)19(36)10-44-30(24(34)23(33(16)4)20(15)25(37)26(12)39-5)22-21(18)29-28(41-11-42-29)13(2)27(22)43-14(3)35/h6,16-18,23-24,30,37H,7,9-11H2,1-5H3/t16-,17-,18+,23?,24?,30+/m0/s1. The number of ether oxygens (including phenoxy) is 5. The van der Waals surface area contributed by atoms with Gasteiger partial charge in [0.15, 0.2) is 23.0 Å². The summed E-state index contributed by atoms with van der Waals surface area (Å²) in [5.74, 6) is -0.855. The summed E-state index contributed by atoms with van der Waals surface area (Å²) in [7, 11) is 3.45. The number of piperazine rings is 1. The molecule has 2 fully saturated rings. The second-order valence-electron chi connectivity index (χ2n) is 11.8. The number of carbonyl (C=O) groups excluding carboxylic acids is 3. The number of nitrogens with zero attached hydrogens (tertiary/aromatic N) is 3. The molecule has 7 rings (SSSR count). The molecule has 0 saturated carbocycles. The van der Waals surface area contributed by atoms with Crippen molar-refractivity contribution in [2.45, 2.75) is 62.7 Å². The number of likely N-dealkylation sites (N-methyl/N-ethyl adjacent to an activating group) is 1. The highest BCUT2D eigenvalue weighted by Crippen LogP contribution is 2.63. The van der Waals surface area contributed by atoms with Gasteiger partial charge >= 0.3 is 11.9 Å². The number of aromatic hydroxyl groups is 1. The van der Waals surface area contributed by atoms with Gasteiger partial charge in [0.1, 0.15) is 18.4 Å². The van der Waals surface area contributed by atoms with E-state index in [0.717, 1.165) is 11.1 Å². The first kappa shape index (κ1) is 28.8. The number of hydrogen-bond acceptors (Lipinski definition) is 13. The predicted molar refractivity (Wildman–Crippen MR) is 155 cm³/mol. The monoisotopic (exact) mass is 621 g/mol. The highest BCUT2D eigenvalue weighted by Gasteiger charge is 2.60. The van der Waals surface area contributed by atoms with Gasteiger partial charge in [-0.05, 0) is 38.4 Å². The highest BCUT2D eigenvalue weighted by molar-refractivity contribution is 8.00. The van der Waals surface area contributed by atoms with Crippen LogP contribution in [0.3, 0.4) is 0 Å². The van der Waals surface area contributed by atoms with E-state index >= 15 is 0 Å². The number of nitriles is 1. The van der Waals surface area contributed by atoms with E-state index in [9.17, 15) is 24.8 Å². The van der Waals surface area contributed by atoms with Crippen LogP contribution in [0.15, 0.2) is 6.07 Å². The van der Waals surface area contributed by atoms with E-state index in [1.54, 1.807) is 6.92 Å². The first-order valence-electron chi connectivity index (χ1n) is 14.3. The predicted octanol–water partition coefficient (Wildman–Crippen LogP) is 2.80. The van der Waals surface area contributed by atoms with Gasteiger partial charge in [-0.15, -0.1) is 11.8 Å². The third kappa shape index (κ3) is 3.87. The zero-order chi connectivity index (χ0) is 31.2. The molecule has 2 saturated heterocycles. The molecule has 44 heavy (non-hydrogen) atoms. The molecule has 1 N–H and O–H groups in total. The second-order valence-corrected chi connectivity index (χ2v) is 12.9. The first-order valence-corrected chi connectivity index (χ1v) is 15.4. The molecule has 2 unspecified atom stereocenters. The number of ketones is 1.